The van der Waals surface area contributed by atoms with Crippen LogP contribution in [0.5, 0.6) is 0 Å². The maximum atomic E-state index is 12.5. The van der Waals surface area contributed by atoms with Gasteiger partial charge in [-0.15, -0.1) is 0 Å². The Kier molecular flexibility index (Phi) is 8.39. The van der Waals surface area contributed by atoms with Crippen molar-refractivity contribution in [3.8, 4) is 0 Å². The third kappa shape index (κ3) is 6.82. The number of anilines is 2. The van der Waals surface area contributed by atoms with Crippen LogP contribution in [0.2, 0.25) is 5.02 Å². The summed E-state index contributed by atoms with van der Waals surface area (Å²) in [5, 5.41) is 6.97. The smallest absolute Gasteiger partial charge is 0.257 e. The summed E-state index contributed by atoms with van der Waals surface area (Å²) in [4.78, 5) is 17.3. The highest BCUT2D eigenvalue weighted by molar-refractivity contribution is 7.80. The highest BCUT2D eigenvalue weighted by Gasteiger charge is 2.18. The van der Waals surface area contributed by atoms with Crippen LogP contribution in [0.25, 0.3) is 0 Å². The fourth-order valence-electron chi connectivity index (χ4n) is 4.14. The standard InChI is InChI=1S/C28H31ClN4OS/c1-20(2)21-7-9-22(10-8-21)27(34)31-28(35)30-24-11-13-25(14-12-24)33-17-15-32(16-18-33)19-23-5-3-4-6-26(23)29/h3-14,20H,15-19H2,1-2H3,(H2,30,31,34,35). The number of hydrogen-bond acceptors (Lipinski definition) is 4. The molecule has 0 saturated carbocycles. The van der Waals surface area contributed by atoms with E-state index in [2.05, 4.69) is 52.5 Å². The SMILES string of the molecule is CC(C)c1ccc(C(=O)NC(=S)Nc2ccc(N3CCN(Cc4ccccc4Cl)CC3)cc2)cc1. The summed E-state index contributed by atoms with van der Waals surface area (Å²) in [5.41, 5.74) is 4.97. The largest absolute Gasteiger partial charge is 0.369 e. The third-order valence-electron chi connectivity index (χ3n) is 6.28. The van der Waals surface area contributed by atoms with E-state index < -0.39 is 0 Å². The van der Waals surface area contributed by atoms with Crippen LogP contribution >= 0.6 is 23.8 Å². The van der Waals surface area contributed by atoms with Gasteiger partial charge >= 0.3 is 0 Å². The third-order valence-corrected chi connectivity index (χ3v) is 6.85. The lowest BCUT2D eigenvalue weighted by molar-refractivity contribution is 0.0977. The van der Waals surface area contributed by atoms with Crippen LogP contribution in [0.1, 0.15) is 41.3 Å². The van der Waals surface area contributed by atoms with Crippen molar-refractivity contribution in [2.75, 3.05) is 36.4 Å². The van der Waals surface area contributed by atoms with Gasteiger partial charge in [-0.25, -0.2) is 0 Å². The van der Waals surface area contributed by atoms with E-state index >= 15 is 0 Å². The summed E-state index contributed by atoms with van der Waals surface area (Å²) in [6.45, 7) is 9.02. The molecule has 0 spiro atoms. The van der Waals surface area contributed by atoms with E-state index in [1.165, 1.54) is 16.8 Å². The number of thiocarbonyl (C=S) groups is 1. The molecule has 1 saturated heterocycles. The van der Waals surface area contributed by atoms with Crippen LogP contribution in [0, 0.1) is 0 Å². The number of piperazine rings is 1. The van der Waals surface area contributed by atoms with Crippen molar-refractivity contribution < 1.29 is 4.79 Å². The highest BCUT2D eigenvalue weighted by atomic mass is 35.5. The van der Waals surface area contributed by atoms with Gasteiger partial charge in [0, 0.05) is 54.7 Å². The van der Waals surface area contributed by atoms with Crippen LogP contribution in [0.4, 0.5) is 11.4 Å². The minimum Gasteiger partial charge on any atom is -0.369 e. The predicted octanol–water partition coefficient (Wildman–Crippen LogP) is 5.91. The second kappa shape index (κ2) is 11.7. The molecule has 3 aromatic rings. The first-order valence-electron chi connectivity index (χ1n) is 11.9. The summed E-state index contributed by atoms with van der Waals surface area (Å²) < 4.78 is 0. The molecular formula is C28H31ClN4OS. The molecule has 0 aromatic heterocycles. The summed E-state index contributed by atoms with van der Waals surface area (Å²) in [7, 11) is 0. The molecule has 1 aliphatic rings. The number of halogens is 1. The van der Waals surface area contributed by atoms with Gasteiger partial charge in [-0.2, -0.15) is 0 Å². The van der Waals surface area contributed by atoms with Crippen molar-refractivity contribution in [2.45, 2.75) is 26.3 Å². The van der Waals surface area contributed by atoms with Gasteiger partial charge in [0.15, 0.2) is 5.11 Å². The lowest BCUT2D eigenvalue weighted by Crippen LogP contribution is -2.46. The maximum absolute atomic E-state index is 12.5. The van der Waals surface area contributed by atoms with Gasteiger partial charge in [0.05, 0.1) is 0 Å². The van der Waals surface area contributed by atoms with Crippen molar-refractivity contribution in [3.05, 3.63) is 94.5 Å². The second-order valence-corrected chi connectivity index (χ2v) is 9.90. The molecule has 0 radical (unpaired) electrons. The molecule has 2 N–H and O–H groups in total. The number of rotatable bonds is 6. The molecule has 7 heteroatoms. The number of nitrogens with one attached hydrogen (secondary N) is 2. The molecule has 0 unspecified atom stereocenters. The topological polar surface area (TPSA) is 47.6 Å². The van der Waals surface area contributed by atoms with Crippen LogP contribution in [0.15, 0.2) is 72.8 Å². The quantitative estimate of drug-likeness (QED) is 0.407. The van der Waals surface area contributed by atoms with E-state index in [1.807, 2.05) is 54.6 Å². The molecule has 1 aliphatic heterocycles. The molecule has 1 amide bonds. The van der Waals surface area contributed by atoms with Crippen molar-refractivity contribution in [3.63, 3.8) is 0 Å². The zero-order valence-electron chi connectivity index (χ0n) is 20.1. The molecular weight excluding hydrogens is 476 g/mol. The molecule has 4 rings (SSSR count). The Morgan fingerprint density at radius 3 is 2.23 bits per heavy atom. The average molecular weight is 507 g/mol. The van der Waals surface area contributed by atoms with Gasteiger partial charge in [-0.1, -0.05) is 55.8 Å². The lowest BCUT2D eigenvalue weighted by Gasteiger charge is -2.36. The maximum Gasteiger partial charge on any atom is 0.257 e. The highest BCUT2D eigenvalue weighted by Crippen LogP contribution is 2.22. The van der Waals surface area contributed by atoms with E-state index in [0.717, 1.165) is 43.4 Å². The number of amides is 1. The molecule has 1 fully saturated rings. The fraction of sp³-hybridized carbons (Fsp3) is 0.286. The molecule has 0 atom stereocenters. The van der Waals surface area contributed by atoms with E-state index in [-0.39, 0.29) is 11.0 Å². The number of nitrogens with zero attached hydrogens (tertiary/aromatic N) is 2. The van der Waals surface area contributed by atoms with Crippen LogP contribution in [0.3, 0.4) is 0 Å². The van der Waals surface area contributed by atoms with Crippen LogP contribution < -0.4 is 15.5 Å². The minimum absolute atomic E-state index is 0.218. The number of benzene rings is 3. The van der Waals surface area contributed by atoms with Crippen molar-refractivity contribution in [1.82, 2.24) is 10.2 Å². The van der Waals surface area contributed by atoms with Gasteiger partial charge in [0.25, 0.3) is 5.91 Å². The van der Waals surface area contributed by atoms with E-state index in [1.54, 1.807) is 0 Å². The number of carbonyl (C=O) groups excluding carboxylic acids is 1. The fourth-order valence-corrected chi connectivity index (χ4v) is 4.55. The van der Waals surface area contributed by atoms with Crippen molar-refractivity contribution in [1.29, 1.82) is 0 Å². The Balaban J connectivity index is 1.25. The van der Waals surface area contributed by atoms with E-state index in [4.69, 9.17) is 23.8 Å². The zero-order valence-corrected chi connectivity index (χ0v) is 21.7. The van der Waals surface area contributed by atoms with Crippen molar-refractivity contribution in [2.24, 2.45) is 0 Å². The van der Waals surface area contributed by atoms with E-state index in [0.29, 0.717) is 11.5 Å². The predicted molar refractivity (Wildman–Crippen MR) is 150 cm³/mol. The molecule has 1 heterocycles. The van der Waals surface area contributed by atoms with Crippen LogP contribution in [-0.4, -0.2) is 42.1 Å². The van der Waals surface area contributed by atoms with Gasteiger partial charge in [-0.3, -0.25) is 15.0 Å². The first kappa shape index (κ1) is 25.2. The molecule has 5 nitrogen and oxygen atoms in total. The molecule has 3 aromatic carbocycles. The molecule has 182 valence electrons. The van der Waals surface area contributed by atoms with Crippen LogP contribution in [-0.2, 0) is 6.54 Å². The molecule has 0 bridgehead atoms. The Morgan fingerprint density at radius 2 is 1.60 bits per heavy atom. The Labute approximate surface area is 218 Å². The summed E-state index contributed by atoms with van der Waals surface area (Å²) in [5.74, 6) is 0.208. The normalized spacial score (nSPS) is 14.1. The Morgan fingerprint density at radius 1 is 0.943 bits per heavy atom. The Bertz CT molecular complexity index is 1160. The van der Waals surface area contributed by atoms with Gasteiger partial charge < -0.3 is 10.2 Å². The second-order valence-electron chi connectivity index (χ2n) is 9.09. The number of hydrogen-bond donors (Lipinski definition) is 2. The number of carbonyl (C=O) groups is 1. The van der Waals surface area contributed by atoms with Gasteiger partial charge in [-0.05, 0) is 71.7 Å². The monoisotopic (exact) mass is 506 g/mol. The summed E-state index contributed by atoms with van der Waals surface area (Å²) >= 11 is 11.7. The molecule has 35 heavy (non-hydrogen) atoms. The van der Waals surface area contributed by atoms with E-state index in [9.17, 15) is 4.79 Å². The summed E-state index contributed by atoms with van der Waals surface area (Å²) in [6.07, 6.45) is 0. The van der Waals surface area contributed by atoms with Gasteiger partial charge in [0.2, 0.25) is 0 Å². The lowest BCUT2D eigenvalue weighted by atomic mass is 10.0. The molecule has 0 aliphatic carbocycles. The minimum atomic E-state index is -0.218. The Hall–Kier alpha value is -2.93. The first-order valence-corrected chi connectivity index (χ1v) is 12.7. The first-order chi connectivity index (χ1) is 16.9. The van der Waals surface area contributed by atoms with Gasteiger partial charge in [0.1, 0.15) is 0 Å². The zero-order chi connectivity index (χ0) is 24.8. The summed E-state index contributed by atoms with van der Waals surface area (Å²) in [6, 6.07) is 23.8. The van der Waals surface area contributed by atoms with Crippen molar-refractivity contribution >= 4 is 46.2 Å². The average Bonchev–Trinajstić information content (AvgIpc) is 2.86.